The fourth-order valence-electron chi connectivity index (χ4n) is 8.43. The standard InChI is InChI=1S/C37H57N7O6S/c1-4-5-18-43-35(46)33(34(45)29-9-7-6-8-10-29)39-36(47)37(43)15-19-42(20-16-37)26-32-27(2)40-44(28(32)3)30-11-13-31(14-12-30)51(48,49)38-17-21-41-22-24-50-25-23-41/h11-14,29,33-34,38,45H,4-10,15-26H2,1-3H3,(H,39,47)/t33-,34-/m1/s1. The number of aryl methyl sites for hydroxylation is 1. The number of morpholine rings is 1. The Bertz CT molecular complexity index is 1610. The number of amides is 2. The van der Waals surface area contributed by atoms with Crippen LogP contribution in [-0.4, -0.2) is 127 Å². The normalized spacial score (nSPS) is 23.1. The van der Waals surface area contributed by atoms with Crippen molar-refractivity contribution in [3.05, 3.63) is 41.2 Å². The topological polar surface area (TPSA) is 149 Å². The minimum absolute atomic E-state index is 0.0445. The van der Waals surface area contributed by atoms with Gasteiger partial charge >= 0.3 is 0 Å². The summed E-state index contributed by atoms with van der Waals surface area (Å²) in [5, 5.41) is 19.1. The summed E-state index contributed by atoms with van der Waals surface area (Å²) in [7, 11) is -3.64. The van der Waals surface area contributed by atoms with Crippen molar-refractivity contribution in [2.45, 2.75) is 108 Å². The van der Waals surface area contributed by atoms with E-state index < -0.39 is 27.7 Å². The van der Waals surface area contributed by atoms with Crippen LogP contribution in [0.4, 0.5) is 0 Å². The number of ether oxygens (including phenoxy) is 1. The molecule has 4 heterocycles. The molecule has 2 aromatic rings. The number of nitrogens with one attached hydrogen (secondary N) is 2. The first-order valence-corrected chi connectivity index (χ1v) is 20.5. The first kappa shape index (κ1) is 37.9. The van der Waals surface area contributed by atoms with Crippen molar-refractivity contribution in [2.24, 2.45) is 5.92 Å². The highest BCUT2D eigenvalue weighted by molar-refractivity contribution is 7.89. The van der Waals surface area contributed by atoms with Crippen LogP contribution in [-0.2, 0) is 30.9 Å². The van der Waals surface area contributed by atoms with Gasteiger partial charge in [0.05, 0.1) is 35.6 Å². The van der Waals surface area contributed by atoms with Crippen LogP contribution in [0.15, 0.2) is 29.2 Å². The number of nitrogens with zero attached hydrogens (tertiary/aromatic N) is 5. The number of aliphatic hydroxyl groups is 1. The predicted molar refractivity (Wildman–Crippen MR) is 194 cm³/mol. The van der Waals surface area contributed by atoms with Gasteiger partial charge in [-0.3, -0.25) is 19.4 Å². The number of benzene rings is 1. The van der Waals surface area contributed by atoms with E-state index in [1.807, 2.05) is 23.4 Å². The summed E-state index contributed by atoms with van der Waals surface area (Å²) in [6.45, 7) is 12.5. The molecule has 3 N–H and O–H groups in total. The zero-order chi connectivity index (χ0) is 36.2. The van der Waals surface area contributed by atoms with Crippen molar-refractivity contribution in [3.8, 4) is 5.69 Å². The van der Waals surface area contributed by atoms with Crippen LogP contribution in [0.5, 0.6) is 0 Å². The van der Waals surface area contributed by atoms with Crippen LogP contribution < -0.4 is 10.0 Å². The molecule has 1 saturated carbocycles. The monoisotopic (exact) mass is 727 g/mol. The molecule has 13 nitrogen and oxygen atoms in total. The van der Waals surface area contributed by atoms with E-state index in [1.165, 1.54) is 0 Å². The molecular weight excluding hydrogens is 671 g/mol. The fraction of sp³-hybridized carbons (Fsp3) is 0.703. The van der Waals surface area contributed by atoms with Crippen LogP contribution in [0.2, 0.25) is 0 Å². The van der Waals surface area contributed by atoms with E-state index in [4.69, 9.17) is 9.84 Å². The van der Waals surface area contributed by atoms with Crippen LogP contribution in [0.1, 0.15) is 81.7 Å². The van der Waals surface area contributed by atoms with Gasteiger partial charge in [-0.05, 0) is 76.1 Å². The molecule has 3 aliphatic heterocycles. The van der Waals surface area contributed by atoms with Gasteiger partial charge in [0.1, 0.15) is 11.6 Å². The first-order chi connectivity index (χ1) is 24.5. The number of sulfonamides is 1. The Morgan fingerprint density at radius 2 is 1.69 bits per heavy atom. The predicted octanol–water partition coefficient (Wildman–Crippen LogP) is 2.50. The number of carbonyl (C=O) groups excluding carboxylic acids is 2. The summed E-state index contributed by atoms with van der Waals surface area (Å²) in [4.78, 5) is 34.5. The third kappa shape index (κ3) is 8.21. The Labute approximate surface area is 303 Å². The van der Waals surface area contributed by atoms with Crippen molar-refractivity contribution in [2.75, 3.05) is 59.0 Å². The van der Waals surface area contributed by atoms with Crippen LogP contribution in [0.3, 0.4) is 0 Å². The highest BCUT2D eigenvalue weighted by Gasteiger charge is 2.55. The molecule has 1 aromatic heterocycles. The first-order valence-electron chi connectivity index (χ1n) is 19.0. The molecule has 0 radical (unpaired) electrons. The third-order valence-electron chi connectivity index (χ3n) is 11.7. The Morgan fingerprint density at radius 3 is 2.35 bits per heavy atom. The van der Waals surface area contributed by atoms with Gasteiger partial charge in [0.2, 0.25) is 21.8 Å². The lowest BCUT2D eigenvalue weighted by molar-refractivity contribution is -0.166. The quantitative estimate of drug-likeness (QED) is 0.283. The summed E-state index contributed by atoms with van der Waals surface area (Å²) in [5.74, 6) is -0.219. The molecule has 1 aliphatic carbocycles. The number of aromatic nitrogens is 2. The number of hydrogen-bond acceptors (Lipinski definition) is 9. The van der Waals surface area contributed by atoms with Crippen molar-refractivity contribution in [3.63, 3.8) is 0 Å². The van der Waals surface area contributed by atoms with Crippen molar-refractivity contribution >= 4 is 21.8 Å². The van der Waals surface area contributed by atoms with Crippen molar-refractivity contribution < 1.29 is 27.9 Å². The number of rotatable bonds is 13. The lowest BCUT2D eigenvalue weighted by atomic mass is 9.78. The van der Waals surface area contributed by atoms with Gasteiger partial charge in [-0.15, -0.1) is 0 Å². The Hall–Kier alpha value is -2.88. The number of likely N-dealkylation sites (tertiary alicyclic amines) is 1. The number of piperazine rings is 1. The van der Waals surface area contributed by atoms with Crippen molar-refractivity contribution in [1.29, 1.82) is 0 Å². The van der Waals surface area contributed by atoms with E-state index >= 15 is 0 Å². The summed E-state index contributed by atoms with van der Waals surface area (Å²) < 4.78 is 35.9. The van der Waals surface area contributed by atoms with Gasteiger partial charge in [0.25, 0.3) is 0 Å². The SMILES string of the molecule is CCCCN1C(=O)[C@@H]([C@H](O)C2CCCCC2)NC(=O)C12CCN(Cc1c(C)nn(-c3ccc(S(=O)(=O)NCCN4CCOCC4)cc3)c1C)CC2. The van der Waals surface area contributed by atoms with Gasteiger partial charge < -0.3 is 20.1 Å². The molecule has 1 aromatic carbocycles. The zero-order valence-corrected chi connectivity index (χ0v) is 31.4. The highest BCUT2D eigenvalue weighted by atomic mass is 32.2. The fourth-order valence-corrected chi connectivity index (χ4v) is 9.45. The molecule has 51 heavy (non-hydrogen) atoms. The molecule has 3 saturated heterocycles. The van der Waals surface area contributed by atoms with E-state index in [9.17, 15) is 23.1 Å². The molecule has 0 unspecified atom stereocenters. The van der Waals surface area contributed by atoms with Crippen molar-refractivity contribution in [1.82, 2.24) is 34.5 Å². The number of carbonyl (C=O) groups is 2. The smallest absolute Gasteiger partial charge is 0.248 e. The van der Waals surface area contributed by atoms with E-state index in [1.54, 1.807) is 24.3 Å². The molecule has 2 atom stereocenters. The summed E-state index contributed by atoms with van der Waals surface area (Å²) in [6.07, 6.45) is 6.99. The molecule has 4 aliphatic rings. The second-order valence-electron chi connectivity index (χ2n) is 14.9. The largest absolute Gasteiger partial charge is 0.390 e. The zero-order valence-electron chi connectivity index (χ0n) is 30.6. The van der Waals surface area contributed by atoms with Gasteiger partial charge in [-0.2, -0.15) is 5.10 Å². The lowest BCUT2D eigenvalue weighted by Crippen LogP contribution is -2.75. The average Bonchev–Trinajstić information content (AvgIpc) is 3.43. The maximum absolute atomic E-state index is 14.0. The molecule has 6 rings (SSSR count). The number of piperidine rings is 1. The van der Waals surface area contributed by atoms with Gasteiger partial charge in [0, 0.05) is 63.6 Å². The summed E-state index contributed by atoms with van der Waals surface area (Å²) >= 11 is 0. The van der Waals surface area contributed by atoms with E-state index in [-0.39, 0.29) is 22.6 Å². The van der Waals surface area contributed by atoms with E-state index in [0.29, 0.717) is 65.3 Å². The number of hydrogen-bond donors (Lipinski definition) is 3. The minimum atomic E-state index is -3.64. The molecule has 14 heteroatoms. The van der Waals surface area contributed by atoms with Gasteiger partial charge in [-0.25, -0.2) is 17.8 Å². The Morgan fingerprint density at radius 1 is 1.00 bits per heavy atom. The maximum Gasteiger partial charge on any atom is 0.248 e. The van der Waals surface area contributed by atoms with Crippen LogP contribution in [0.25, 0.3) is 5.69 Å². The van der Waals surface area contributed by atoms with E-state index in [2.05, 4.69) is 26.8 Å². The summed E-state index contributed by atoms with van der Waals surface area (Å²) in [5.41, 5.74) is 2.83. The lowest BCUT2D eigenvalue weighted by Gasteiger charge is -2.52. The molecule has 2 amide bonds. The molecule has 0 bridgehead atoms. The number of unbranched alkanes of at least 4 members (excludes halogenated alkanes) is 1. The molecule has 1 spiro atoms. The van der Waals surface area contributed by atoms with Gasteiger partial charge in [-0.1, -0.05) is 32.6 Å². The highest BCUT2D eigenvalue weighted by Crippen LogP contribution is 2.37. The Kier molecular flexibility index (Phi) is 12.2. The minimum Gasteiger partial charge on any atom is -0.390 e. The van der Waals surface area contributed by atoms with Crippen LogP contribution in [0, 0.1) is 19.8 Å². The number of aliphatic hydroxyl groups excluding tert-OH is 1. The Balaban J connectivity index is 1.09. The molecule has 282 valence electrons. The van der Waals surface area contributed by atoms with Gasteiger partial charge in [0.15, 0.2) is 0 Å². The van der Waals surface area contributed by atoms with E-state index in [0.717, 1.165) is 80.7 Å². The molecular formula is C37H57N7O6S. The average molecular weight is 728 g/mol. The van der Waals surface area contributed by atoms with Crippen LogP contribution >= 0.6 is 0 Å². The second-order valence-corrected chi connectivity index (χ2v) is 16.7. The second kappa shape index (κ2) is 16.4. The maximum atomic E-state index is 14.0. The molecule has 4 fully saturated rings. The third-order valence-corrected chi connectivity index (χ3v) is 13.2. The summed E-state index contributed by atoms with van der Waals surface area (Å²) in [6, 6.07) is 5.93.